The summed E-state index contributed by atoms with van der Waals surface area (Å²) in [5, 5.41) is 7.33. The lowest BCUT2D eigenvalue weighted by Gasteiger charge is -2.16. The normalized spacial score (nSPS) is 15.9. The molecule has 0 bridgehead atoms. The molecule has 1 heterocycles. The highest BCUT2D eigenvalue weighted by molar-refractivity contribution is 5.77. The van der Waals surface area contributed by atoms with Crippen molar-refractivity contribution in [1.82, 2.24) is 10.5 Å². The van der Waals surface area contributed by atoms with Crippen LogP contribution in [-0.2, 0) is 11.2 Å². The van der Waals surface area contributed by atoms with E-state index in [0.29, 0.717) is 18.9 Å². The summed E-state index contributed by atoms with van der Waals surface area (Å²) >= 11 is 0. The fraction of sp³-hybridized carbons (Fsp3) is 0.500. The molecule has 1 aliphatic carbocycles. The minimum Gasteiger partial charge on any atom is -0.364 e. The van der Waals surface area contributed by atoms with E-state index in [-0.39, 0.29) is 5.91 Å². The van der Waals surface area contributed by atoms with E-state index in [0.717, 1.165) is 29.7 Å². The molecule has 1 amide bonds. The van der Waals surface area contributed by atoms with Crippen LogP contribution in [0.5, 0.6) is 0 Å². The SMILES string of the molecule is Cc1cccc(-c2nocc2CCC(=O)NC2CCCCCC2)c1. The van der Waals surface area contributed by atoms with Gasteiger partial charge in [0.2, 0.25) is 5.91 Å². The van der Waals surface area contributed by atoms with Gasteiger partial charge in [-0.2, -0.15) is 0 Å². The molecule has 1 fully saturated rings. The summed E-state index contributed by atoms with van der Waals surface area (Å²) in [5.41, 5.74) is 4.08. The van der Waals surface area contributed by atoms with Gasteiger partial charge in [-0.25, -0.2) is 0 Å². The molecule has 4 heteroatoms. The van der Waals surface area contributed by atoms with Gasteiger partial charge in [-0.15, -0.1) is 0 Å². The quantitative estimate of drug-likeness (QED) is 0.827. The predicted molar refractivity (Wildman–Crippen MR) is 94.6 cm³/mol. The summed E-state index contributed by atoms with van der Waals surface area (Å²) in [6, 6.07) is 8.55. The van der Waals surface area contributed by atoms with Gasteiger partial charge in [-0.05, 0) is 32.3 Å². The second-order valence-electron chi connectivity index (χ2n) is 6.81. The smallest absolute Gasteiger partial charge is 0.220 e. The first-order valence-corrected chi connectivity index (χ1v) is 9.02. The number of carbonyl (C=O) groups excluding carboxylic acids is 1. The second-order valence-corrected chi connectivity index (χ2v) is 6.81. The Hall–Kier alpha value is -2.10. The standard InChI is InChI=1S/C20H26N2O2/c1-15-7-6-8-16(13-15)20-17(14-24-22-20)11-12-19(23)21-18-9-4-2-3-5-10-18/h6-8,13-14,18H,2-5,9-12H2,1H3,(H,21,23). The van der Waals surface area contributed by atoms with Crippen LogP contribution in [0.1, 0.15) is 56.1 Å². The summed E-state index contributed by atoms with van der Waals surface area (Å²) in [4.78, 5) is 12.3. The average Bonchev–Trinajstić information content (AvgIpc) is 2.90. The van der Waals surface area contributed by atoms with Crippen LogP contribution in [0.2, 0.25) is 0 Å². The van der Waals surface area contributed by atoms with Crippen LogP contribution in [0.3, 0.4) is 0 Å². The molecule has 0 atom stereocenters. The first-order chi connectivity index (χ1) is 11.7. The molecule has 1 aromatic heterocycles. The van der Waals surface area contributed by atoms with Crippen molar-refractivity contribution < 1.29 is 9.32 Å². The maximum Gasteiger partial charge on any atom is 0.220 e. The van der Waals surface area contributed by atoms with Gasteiger partial charge in [0, 0.05) is 23.6 Å². The lowest BCUT2D eigenvalue weighted by molar-refractivity contribution is -0.121. The molecule has 1 N–H and O–H groups in total. The second kappa shape index (κ2) is 8.13. The number of aryl methyl sites for hydroxylation is 2. The van der Waals surface area contributed by atoms with Crippen LogP contribution in [0.25, 0.3) is 11.3 Å². The van der Waals surface area contributed by atoms with E-state index in [1.165, 1.54) is 31.2 Å². The molecule has 1 aromatic carbocycles. The fourth-order valence-electron chi connectivity index (χ4n) is 3.44. The number of hydrogen-bond acceptors (Lipinski definition) is 3. The molecular weight excluding hydrogens is 300 g/mol. The van der Waals surface area contributed by atoms with Gasteiger partial charge in [-0.3, -0.25) is 4.79 Å². The number of carbonyl (C=O) groups is 1. The minimum atomic E-state index is 0.137. The zero-order valence-electron chi connectivity index (χ0n) is 14.4. The highest BCUT2D eigenvalue weighted by atomic mass is 16.5. The summed E-state index contributed by atoms with van der Waals surface area (Å²) in [5.74, 6) is 0.137. The Bertz CT molecular complexity index is 670. The molecule has 1 saturated carbocycles. The molecule has 0 unspecified atom stereocenters. The Kier molecular flexibility index (Phi) is 5.68. The van der Waals surface area contributed by atoms with Crippen molar-refractivity contribution in [3.05, 3.63) is 41.7 Å². The largest absolute Gasteiger partial charge is 0.364 e. The zero-order valence-corrected chi connectivity index (χ0v) is 14.4. The Morgan fingerprint density at radius 1 is 1.25 bits per heavy atom. The highest BCUT2D eigenvalue weighted by Gasteiger charge is 2.16. The Balaban J connectivity index is 1.57. The molecular formula is C20H26N2O2. The van der Waals surface area contributed by atoms with Crippen LogP contribution >= 0.6 is 0 Å². The monoisotopic (exact) mass is 326 g/mol. The van der Waals surface area contributed by atoms with Crippen molar-refractivity contribution in [2.24, 2.45) is 0 Å². The third-order valence-corrected chi connectivity index (χ3v) is 4.78. The van der Waals surface area contributed by atoms with Crippen molar-refractivity contribution >= 4 is 5.91 Å². The van der Waals surface area contributed by atoms with E-state index < -0.39 is 0 Å². The first-order valence-electron chi connectivity index (χ1n) is 9.02. The Morgan fingerprint density at radius 3 is 2.79 bits per heavy atom. The number of benzene rings is 1. The van der Waals surface area contributed by atoms with Gasteiger partial charge in [0.25, 0.3) is 0 Å². The zero-order chi connectivity index (χ0) is 16.8. The predicted octanol–water partition coefficient (Wildman–Crippen LogP) is 4.42. The van der Waals surface area contributed by atoms with Gasteiger partial charge < -0.3 is 9.84 Å². The molecule has 2 aromatic rings. The molecule has 24 heavy (non-hydrogen) atoms. The summed E-state index contributed by atoms with van der Waals surface area (Å²) < 4.78 is 5.16. The Morgan fingerprint density at radius 2 is 2.04 bits per heavy atom. The van der Waals surface area contributed by atoms with E-state index in [9.17, 15) is 4.79 Å². The fourth-order valence-corrected chi connectivity index (χ4v) is 3.44. The summed E-state index contributed by atoms with van der Waals surface area (Å²) in [6.07, 6.45) is 10.1. The number of nitrogens with one attached hydrogen (secondary N) is 1. The van der Waals surface area contributed by atoms with Crippen LogP contribution in [-0.4, -0.2) is 17.1 Å². The highest BCUT2D eigenvalue weighted by Crippen LogP contribution is 2.24. The van der Waals surface area contributed by atoms with E-state index in [4.69, 9.17) is 4.52 Å². The Labute approximate surface area is 143 Å². The molecule has 0 spiro atoms. The van der Waals surface area contributed by atoms with E-state index in [1.54, 1.807) is 6.26 Å². The van der Waals surface area contributed by atoms with Crippen molar-refractivity contribution in [2.45, 2.75) is 64.3 Å². The van der Waals surface area contributed by atoms with E-state index in [2.05, 4.69) is 29.5 Å². The number of hydrogen-bond donors (Lipinski definition) is 1. The molecule has 0 aliphatic heterocycles. The lowest BCUT2D eigenvalue weighted by Crippen LogP contribution is -2.34. The number of rotatable bonds is 5. The van der Waals surface area contributed by atoms with Gasteiger partial charge >= 0.3 is 0 Å². The van der Waals surface area contributed by atoms with Crippen molar-refractivity contribution in [3.63, 3.8) is 0 Å². The number of amides is 1. The van der Waals surface area contributed by atoms with Gasteiger partial charge in [0.05, 0.1) is 0 Å². The molecule has 4 nitrogen and oxygen atoms in total. The van der Waals surface area contributed by atoms with Crippen LogP contribution < -0.4 is 5.32 Å². The third-order valence-electron chi connectivity index (χ3n) is 4.78. The van der Waals surface area contributed by atoms with Crippen molar-refractivity contribution in [3.8, 4) is 11.3 Å². The summed E-state index contributed by atoms with van der Waals surface area (Å²) in [7, 11) is 0. The maximum absolute atomic E-state index is 12.3. The number of aromatic nitrogens is 1. The van der Waals surface area contributed by atoms with Crippen molar-refractivity contribution in [1.29, 1.82) is 0 Å². The molecule has 0 radical (unpaired) electrons. The van der Waals surface area contributed by atoms with Gasteiger partial charge in [0.1, 0.15) is 12.0 Å². The van der Waals surface area contributed by atoms with E-state index >= 15 is 0 Å². The van der Waals surface area contributed by atoms with Crippen LogP contribution in [0.4, 0.5) is 0 Å². The molecule has 1 aliphatic rings. The molecule has 3 rings (SSSR count). The van der Waals surface area contributed by atoms with Crippen LogP contribution in [0.15, 0.2) is 35.1 Å². The minimum absolute atomic E-state index is 0.137. The number of nitrogens with zero attached hydrogens (tertiary/aromatic N) is 1. The third kappa shape index (κ3) is 4.47. The first kappa shape index (κ1) is 16.7. The van der Waals surface area contributed by atoms with Crippen molar-refractivity contribution in [2.75, 3.05) is 0 Å². The topological polar surface area (TPSA) is 55.1 Å². The van der Waals surface area contributed by atoms with Gasteiger partial charge in [0.15, 0.2) is 0 Å². The van der Waals surface area contributed by atoms with E-state index in [1.807, 2.05) is 12.1 Å². The summed E-state index contributed by atoms with van der Waals surface area (Å²) in [6.45, 7) is 2.06. The maximum atomic E-state index is 12.3. The van der Waals surface area contributed by atoms with Crippen LogP contribution in [0, 0.1) is 6.92 Å². The lowest BCUT2D eigenvalue weighted by atomic mass is 10.0. The molecule has 0 saturated heterocycles. The van der Waals surface area contributed by atoms with Gasteiger partial charge in [-0.1, -0.05) is 54.6 Å². The average molecular weight is 326 g/mol. The molecule has 128 valence electrons.